The van der Waals surface area contributed by atoms with Crippen LogP contribution in [0.25, 0.3) is 10.2 Å². The molecule has 0 saturated carbocycles. The van der Waals surface area contributed by atoms with Gasteiger partial charge in [0.1, 0.15) is 5.52 Å². The number of hydrogen-bond acceptors (Lipinski definition) is 5. The molecule has 17 heavy (non-hydrogen) atoms. The molecule has 2 heterocycles. The highest BCUT2D eigenvalue weighted by molar-refractivity contribution is 7.99. The Balaban J connectivity index is 1.77. The van der Waals surface area contributed by atoms with Crippen LogP contribution in [0.2, 0.25) is 0 Å². The Morgan fingerprint density at radius 3 is 3.24 bits per heavy atom. The first-order chi connectivity index (χ1) is 8.34. The van der Waals surface area contributed by atoms with Crippen molar-refractivity contribution in [2.75, 3.05) is 29.1 Å². The lowest BCUT2D eigenvalue weighted by molar-refractivity contribution is 0.632. The fraction of sp³-hybridized carbons (Fsp3) is 0.417. The third-order valence-electron chi connectivity index (χ3n) is 3.15. The van der Waals surface area contributed by atoms with E-state index >= 15 is 0 Å². The number of nitrogens with zero attached hydrogens (tertiary/aromatic N) is 1. The maximum Gasteiger partial charge on any atom is 0.106 e. The van der Waals surface area contributed by atoms with Crippen molar-refractivity contribution >= 4 is 44.7 Å². The molecule has 0 spiro atoms. The molecule has 1 aliphatic heterocycles. The molecule has 5 heteroatoms. The van der Waals surface area contributed by atoms with Gasteiger partial charge in [-0.2, -0.15) is 11.8 Å². The van der Waals surface area contributed by atoms with Crippen LogP contribution in [0.3, 0.4) is 0 Å². The molecule has 90 valence electrons. The van der Waals surface area contributed by atoms with E-state index in [4.69, 9.17) is 5.73 Å². The number of thiazole rings is 1. The van der Waals surface area contributed by atoms with Crippen molar-refractivity contribution in [3.63, 3.8) is 0 Å². The van der Waals surface area contributed by atoms with Gasteiger partial charge in [-0.15, -0.1) is 11.3 Å². The van der Waals surface area contributed by atoms with Gasteiger partial charge in [0.15, 0.2) is 0 Å². The van der Waals surface area contributed by atoms with Gasteiger partial charge in [0.25, 0.3) is 0 Å². The molecule has 3 rings (SSSR count). The van der Waals surface area contributed by atoms with Crippen molar-refractivity contribution in [2.24, 2.45) is 5.92 Å². The summed E-state index contributed by atoms with van der Waals surface area (Å²) in [6.07, 6.45) is 1.32. The monoisotopic (exact) mass is 265 g/mol. The lowest BCUT2D eigenvalue weighted by Gasteiger charge is -2.13. The molecule has 1 aliphatic rings. The van der Waals surface area contributed by atoms with Crippen molar-refractivity contribution in [3.8, 4) is 0 Å². The van der Waals surface area contributed by atoms with Gasteiger partial charge in [0.05, 0.1) is 21.6 Å². The van der Waals surface area contributed by atoms with Crippen molar-refractivity contribution < 1.29 is 0 Å². The molecule has 2 aromatic rings. The minimum atomic E-state index is 0.783. The van der Waals surface area contributed by atoms with Crippen molar-refractivity contribution in [2.45, 2.75) is 6.42 Å². The lowest BCUT2D eigenvalue weighted by Crippen LogP contribution is -2.14. The summed E-state index contributed by atoms with van der Waals surface area (Å²) in [7, 11) is 0. The highest BCUT2D eigenvalue weighted by Gasteiger charge is 2.15. The normalized spacial score (nSPS) is 19.9. The van der Waals surface area contributed by atoms with E-state index in [9.17, 15) is 0 Å². The number of thioether (sulfide) groups is 1. The van der Waals surface area contributed by atoms with E-state index in [0.29, 0.717) is 0 Å². The molecule has 1 fully saturated rings. The topological polar surface area (TPSA) is 50.9 Å². The van der Waals surface area contributed by atoms with Gasteiger partial charge >= 0.3 is 0 Å². The maximum absolute atomic E-state index is 6.12. The van der Waals surface area contributed by atoms with Crippen molar-refractivity contribution in [3.05, 3.63) is 17.6 Å². The van der Waals surface area contributed by atoms with Gasteiger partial charge < -0.3 is 11.1 Å². The SMILES string of the molecule is Nc1c(NCC2CCSC2)ccc2scnc12. The molecular formula is C12H15N3S2. The predicted molar refractivity (Wildman–Crippen MR) is 78.0 cm³/mol. The third-order valence-corrected chi connectivity index (χ3v) is 5.17. The van der Waals surface area contributed by atoms with Crippen LogP contribution >= 0.6 is 23.1 Å². The Bertz CT molecular complexity index is 517. The summed E-state index contributed by atoms with van der Waals surface area (Å²) >= 11 is 3.67. The molecule has 0 amide bonds. The maximum atomic E-state index is 6.12. The standard InChI is InChI=1S/C12H15N3S2/c13-11-9(14-5-8-3-4-16-6-8)1-2-10-12(11)15-7-17-10/h1-2,7-8,14H,3-6,13H2. The summed E-state index contributed by atoms with van der Waals surface area (Å²) in [5.41, 5.74) is 10.7. The highest BCUT2D eigenvalue weighted by atomic mass is 32.2. The molecule has 1 saturated heterocycles. The van der Waals surface area contributed by atoms with Crippen LogP contribution < -0.4 is 11.1 Å². The first kappa shape index (κ1) is 11.2. The first-order valence-electron chi connectivity index (χ1n) is 5.78. The molecule has 1 aromatic carbocycles. The smallest absolute Gasteiger partial charge is 0.106 e. The Hall–Kier alpha value is -0.940. The zero-order chi connectivity index (χ0) is 11.7. The van der Waals surface area contributed by atoms with Gasteiger partial charge in [-0.1, -0.05) is 0 Å². The number of nitrogens with two attached hydrogens (primary N) is 1. The number of nitrogen functional groups attached to an aromatic ring is 1. The van der Waals surface area contributed by atoms with Gasteiger partial charge in [-0.05, 0) is 36.0 Å². The third kappa shape index (κ3) is 2.21. The molecule has 0 bridgehead atoms. The molecular weight excluding hydrogens is 250 g/mol. The number of benzene rings is 1. The lowest BCUT2D eigenvalue weighted by atomic mass is 10.1. The quantitative estimate of drug-likeness (QED) is 0.838. The Morgan fingerprint density at radius 1 is 1.47 bits per heavy atom. The average molecular weight is 265 g/mol. The summed E-state index contributed by atoms with van der Waals surface area (Å²) in [5.74, 6) is 3.35. The van der Waals surface area contributed by atoms with Crippen LogP contribution in [0.1, 0.15) is 6.42 Å². The second kappa shape index (κ2) is 4.74. The van der Waals surface area contributed by atoms with Crippen molar-refractivity contribution in [1.29, 1.82) is 0 Å². The number of anilines is 2. The summed E-state index contributed by atoms with van der Waals surface area (Å²) in [6.45, 7) is 1.02. The van der Waals surface area contributed by atoms with E-state index in [1.165, 1.54) is 17.9 Å². The second-order valence-corrected chi connectivity index (χ2v) is 6.37. The Kier molecular flexibility index (Phi) is 3.11. The fourth-order valence-corrected chi connectivity index (χ4v) is 4.08. The number of rotatable bonds is 3. The van der Waals surface area contributed by atoms with Gasteiger partial charge in [-0.25, -0.2) is 4.98 Å². The molecule has 1 aromatic heterocycles. The van der Waals surface area contributed by atoms with Crippen LogP contribution in [0, 0.1) is 5.92 Å². The summed E-state index contributed by atoms with van der Waals surface area (Å²) in [5, 5.41) is 3.46. The minimum absolute atomic E-state index is 0.783. The second-order valence-electron chi connectivity index (χ2n) is 4.34. The summed E-state index contributed by atoms with van der Waals surface area (Å²) in [6, 6.07) is 4.16. The molecule has 0 aliphatic carbocycles. The molecule has 1 atom stereocenters. The van der Waals surface area contributed by atoms with E-state index in [-0.39, 0.29) is 0 Å². The average Bonchev–Trinajstić information content (AvgIpc) is 2.99. The number of hydrogen-bond donors (Lipinski definition) is 2. The predicted octanol–water partition coefficient (Wildman–Crippen LogP) is 3.04. The molecule has 3 N–H and O–H groups in total. The number of fused-ring (bicyclic) bond motifs is 1. The van der Waals surface area contributed by atoms with Crippen LogP contribution in [0.5, 0.6) is 0 Å². The van der Waals surface area contributed by atoms with Crippen LogP contribution in [-0.2, 0) is 0 Å². The van der Waals surface area contributed by atoms with E-state index in [0.717, 1.165) is 34.1 Å². The minimum Gasteiger partial charge on any atom is -0.395 e. The highest BCUT2D eigenvalue weighted by Crippen LogP contribution is 2.31. The van der Waals surface area contributed by atoms with Crippen LogP contribution in [0.4, 0.5) is 11.4 Å². The van der Waals surface area contributed by atoms with E-state index in [1.54, 1.807) is 11.3 Å². The summed E-state index contributed by atoms with van der Waals surface area (Å²) in [4.78, 5) is 4.31. The van der Waals surface area contributed by atoms with E-state index < -0.39 is 0 Å². The molecule has 0 radical (unpaired) electrons. The van der Waals surface area contributed by atoms with Crippen LogP contribution in [-0.4, -0.2) is 23.0 Å². The molecule has 1 unspecified atom stereocenters. The van der Waals surface area contributed by atoms with Gasteiger partial charge in [-0.3, -0.25) is 0 Å². The fourth-order valence-electron chi connectivity index (χ4n) is 2.10. The number of nitrogens with one attached hydrogen (secondary N) is 1. The zero-order valence-electron chi connectivity index (χ0n) is 9.48. The molecule has 3 nitrogen and oxygen atoms in total. The van der Waals surface area contributed by atoms with Gasteiger partial charge in [0.2, 0.25) is 0 Å². The van der Waals surface area contributed by atoms with E-state index in [2.05, 4.69) is 22.4 Å². The Labute approximate surface area is 109 Å². The zero-order valence-corrected chi connectivity index (χ0v) is 11.1. The van der Waals surface area contributed by atoms with Crippen molar-refractivity contribution in [1.82, 2.24) is 4.98 Å². The summed E-state index contributed by atoms with van der Waals surface area (Å²) < 4.78 is 1.16. The first-order valence-corrected chi connectivity index (χ1v) is 7.81. The Morgan fingerprint density at radius 2 is 2.41 bits per heavy atom. The largest absolute Gasteiger partial charge is 0.395 e. The van der Waals surface area contributed by atoms with Gasteiger partial charge in [0, 0.05) is 6.54 Å². The van der Waals surface area contributed by atoms with E-state index in [1.807, 2.05) is 17.3 Å². The van der Waals surface area contributed by atoms with Crippen LogP contribution in [0.15, 0.2) is 17.6 Å². The number of aromatic nitrogens is 1.